The normalized spacial score (nSPS) is 17.8. The van der Waals surface area contributed by atoms with E-state index >= 15 is 0 Å². The first-order valence-corrected chi connectivity index (χ1v) is 12.0. The maximum atomic E-state index is 13.2. The summed E-state index contributed by atoms with van der Waals surface area (Å²) in [6.07, 6.45) is 7.30. The van der Waals surface area contributed by atoms with E-state index in [1.54, 1.807) is 23.5 Å². The van der Waals surface area contributed by atoms with E-state index in [2.05, 4.69) is 21.8 Å². The molecule has 1 aliphatic carbocycles. The molecule has 3 heterocycles. The van der Waals surface area contributed by atoms with Crippen LogP contribution in [0.5, 0.6) is 0 Å². The number of thioether (sulfide) groups is 1. The minimum atomic E-state index is -0.290. The van der Waals surface area contributed by atoms with Crippen molar-refractivity contribution in [3.8, 4) is 10.7 Å². The molecule has 5 rings (SSSR count). The summed E-state index contributed by atoms with van der Waals surface area (Å²) in [5, 5.41) is 12.0. The van der Waals surface area contributed by atoms with Gasteiger partial charge in [0.05, 0.1) is 15.5 Å². The van der Waals surface area contributed by atoms with Gasteiger partial charge in [0, 0.05) is 17.5 Å². The lowest BCUT2D eigenvalue weighted by Gasteiger charge is -2.26. The van der Waals surface area contributed by atoms with Crippen LogP contribution in [-0.4, -0.2) is 26.4 Å². The smallest absolute Gasteiger partial charge is 0.284 e. The Labute approximate surface area is 198 Å². The van der Waals surface area contributed by atoms with Gasteiger partial charge < -0.3 is 0 Å². The maximum absolute atomic E-state index is 13.2. The molecule has 8 heteroatoms. The Bertz CT molecular complexity index is 1320. The summed E-state index contributed by atoms with van der Waals surface area (Å²) in [7, 11) is 0. The van der Waals surface area contributed by atoms with Crippen molar-refractivity contribution in [2.45, 2.75) is 11.7 Å². The van der Waals surface area contributed by atoms with Crippen LogP contribution in [0.25, 0.3) is 16.3 Å². The Morgan fingerprint density at radius 3 is 2.75 bits per heavy atom. The summed E-state index contributed by atoms with van der Waals surface area (Å²) in [4.78, 5) is 19.1. The summed E-state index contributed by atoms with van der Waals surface area (Å²) in [5.41, 5.74) is 2.51. The highest BCUT2D eigenvalue weighted by Gasteiger charge is 2.33. The van der Waals surface area contributed by atoms with Gasteiger partial charge in [0.2, 0.25) is 0 Å². The van der Waals surface area contributed by atoms with Gasteiger partial charge in [-0.3, -0.25) is 9.36 Å². The van der Waals surface area contributed by atoms with Crippen molar-refractivity contribution in [3.05, 3.63) is 94.2 Å². The summed E-state index contributed by atoms with van der Waals surface area (Å²) in [6, 6.07) is 13.8. The number of aromatic nitrogens is 3. The number of dihydropyridines is 1. The van der Waals surface area contributed by atoms with Crippen LogP contribution < -0.4 is 0 Å². The summed E-state index contributed by atoms with van der Waals surface area (Å²) >= 11 is 9.21. The summed E-state index contributed by atoms with van der Waals surface area (Å²) in [5.74, 6) is 0.255. The zero-order valence-corrected chi connectivity index (χ0v) is 19.2. The number of allylic oxidation sites excluding steroid dienone is 6. The Morgan fingerprint density at radius 1 is 1.16 bits per heavy atom. The predicted molar refractivity (Wildman–Crippen MR) is 132 cm³/mol. The van der Waals surface area contributed by atoms with Crippen LogP contribution in [0, 0.1) is 5.92 Å². The molecule has 1 amide bonds. The number of benzene rings is 1. The van der Waals surface area contributed by atoms with E-state index in [9.17, 15) is 4.79 Å². The summed E-state index contributed by atoms with van der Waals surface area (Å²) in [6.45, 7) is 4.40. The highest BCUT2D eigenvalue weighted by Crippen LogP contribution is 2.43. The molecule has 0 fully saturated rings. The molecule has 0 radical (unpaired) electrons. The Hall–Kier alpha value is -3.00. The van der Waals surface area contributed by atoms with Crippen LogP contribution >= 0.6 is 34.7 Å². The zero-order chi connectivity index (χ0) is 22.1. The summed E-state index contributed by atoms with van der Waals surface area (Å²) < 4.78 is 1.97. The van der Waals surface area contributed by atoms with Crippen molar-refractivity contribution in [1.82, 2.24) is 14.8 Å². The molecule has 2 aliphatic rings. The molecule has 0 saturated carbocycles. The van der Waals surface area contributed by atoms with Crippen LogP contribution in [0.2, 0.25) is 0 Å². The molecule has 1 aromatic carbocycles. The van der Waals surface area contributed by atoms with Crippen molar-refractivity contribution in [1.29, 1.82) is 0 Å². The van der Waals surface area contributed by atoms with Gasteiger partial charge in [-0.2, -0.15) is 0 Å². The molecule has 1 atom stereocenters. The molecule has 32 heavy (non-hydrogen) atoms. The van der Waals surface area contributed by atoms with Crippen molar-refractivity contribution in [2.75, 3.05) is 0 Å². The quantitative estimate of drug-likeness (QED) is 0.410. The molecular formula is C24H17ClN4OS2. The molecular weight excluding hydrogens is 460 g/mol. The van der Waals surface area contributed by atoms with E-state index in [1.165, 1.54) is 11.8 Å². The van der Waals surface area contributed by atoms with Crippen molar-refractivity contribution >= 4 is 51.9 Å². The SMILES string of the molecule is C=CCn1c(SC2=C(c3ccccc3)C3C=C(Cl)C=CC3=NC2=O)nnc1-c1cccs1. The molecule has 1 unspecified atom stereocenters. The van der Waals surface area contributed by atoms with Crippen LogP contribution in [0.15, 0.2) is 98.8 Å². The number of carbonyl (C=O) groups excluding carboxylic acids is 1. The lowest BCUT2D eigenvalue weighted by Crippen LogP contribution is -2.23. The maximum Gasteiger partial charge on any atom is 0.284 e. The topological polar surface area (TPSA) is 60.1 Å². The number of fused-ring (bicyclic) bond motifs is 1. The average Bonchev–Trinajstić information content (AvgIpc) is 3.46. The number of carbonyl (C=O) groups is 1. The first-order valence-electron chi connectivity index (χ1n) is 9.89. The van der Waals surface area contributed by atoms with E-state index in [0.717, 1.165) is 21.8 Å². The fourth-order valence-electron chi connectivity index (χ4n) is 3.70. The van der Waals surface area contributed by atoms with Gasteiger partial charge in [0.15, 0.2) is 11.0 Å². The fourth-order valence-corrected chi connectivity index (χ4v) is 5.62. The Balaban J connectivity index is 1.65. The van der Waals surface area contributed by atoms with E-state index < -0.39 is 0 Å². The molecule has 0 bridgehead atoms. The van der Waals surface area contributed by atoms with Gasteiger partial charge in [0.25, 0.3) is 5.91 Å². The number of hydrogen-bond donors (Lipinski definition) is 0. The van der Waals surface area contributed by atoms with E-state index in [1.807, 2.05) is 64.6 Å². The van der Waals surface area contributed by atoms with Crippen LogP contribution in [0.4, 0.5) is 0 Å². The van der Waals surface area contributed by atoms with E-state index in [4.69, 9.17) is 11.6 Å². The Kier molecular flexibility index (Phi) is 5.78. The van der Waals surface area contributed by atoms with Crippen LogP contribution in [-0.2, 0) is 11.3 Å². The number of aliphatic imine (C=N–C) groups is 1. The first kappa shape index (κ1) is 20.9. The van der Waals surface area contributed by atoms with Crippen LogP contribution in [0.3, 0.4) is 0 Å². The number of amides is 1. The first-order chi connectivity index (χ1) is 15.7. The lowest BCUT2D eigenvalue weighted by molar-refractivity contribution is -0.113. The highest BCUT2D eigenvalue weighted by molar-refractivity contribution is 8.04. The van der Waals surface area contributed by atoms with Gasteiger partial charge in [-0.15, -0.1) is 28.1 Å². The van der Waals surface area contributed by atoms with Crippen molar-refractivity contribution < 1.29 is 4.79 Å². The largest absolute Gasteiger partial charge is 0.297 e. The number of nitrogens with zero attached hydrogens (tertiary/aromatic N) is 4. The van der Waals surface area contributed by atoms with Gasteiger partial charge in [0.1, 0.15) is 0 Å². The fraction of sp³-hybridized carbons (Fsp3) is 0.0833. The standard InChI is InChI=1S/C24H17ClN4OS2/c1-2-12-29-22(19-9-6-13-31-19)27-28-24(29)32-21-20(15-7-4-3-5-8-15)17-14-16(25)10-11-18(17)26-23(21)30/h2-11,13-14,17H,1,12H2. The highest BCUT2D eigenvalue weighted by atomic mass is 35.5. The molecule has 1 aliphatic heterocycles. The van der Waals surface area contributed by atoms with E-state index in [-0.39, 0.29) is 11.8 Å². The molecule has 158 valence electrons. The van der Waals surface area contributed by atoms with Crippen LogP contribution in [0.1, 0.15) is 5.56 Å². The van der Waals surface area contributed by atoms with Gasteiger partial charge in [-0.25, -0.2) is 4.99 Å². The molecule has 0 saturated heterocycles. The predicted octanol–water partition coefficient (Wildman–Crippen LogP) is 5.99. The van der Waals surface area contributed by atoms with Gasteiger partial charge >= 0.3 is 0 Å². The third kappa shape index (κ3) is 3.83. The third-order valence-corrected chi connectivity index (χ3v) is 7.29. The Morgan fingerprint density at radius 2 is 2.00 bits per heavy atom. The second kappa shape index (κ2) is 8.86. The average molecular weight is 477 g/mol. The molecule has 0 N–H and O–H groups in total. The monoisotopic (exact) mass is 476 g/mol. The molecule has 5 nitrogen and oxygen atoms in total. The minimum absolute atomic E-state index is 0.206. The van der Waals surface area contributed by atoms with E-state index in [0.29, 0.717) is 27.4 Å². The minimum Gasteiger partial charge on any atom is -0.297 e. The zero-order valence-electron chi connectivity index (χ0n) is 16.8. The number of thiophene rings is 1. The number of rotatable bonds is 6. The second-order valence-corrected chi connectivity index (χ2v) is 9.46. The van der Waals surface area contributed by atoms with Gasteiger partial charge in [-0.1, -0.05) is 60.2 Å². The molecule has 3 aromatic rings. The molecule has 2 aromatic heterocycles. The second-order valence-electron chi connectivity index (χ2n) is 7.10. The number of hydrogen-bond acceptors (Lipinski definition) is 5. The number of halogens is 1. The molecule has 0 spiro atoms. The van der Waals surface area contributed by atoms with Crippen molar-refractivity contribution in [3.63, 3.8) is 0 Å². The lowest BCUT2D eigenvalue weighted by atomic mass is 9.84. The van der Waals surface area contributed by atoms with Gasteiger partial charge in [-0.05, 0) is 46.5 Å². The van der Waals surface area contributed by atoms with Crippen molar-refractivity contribution in [2.24, 2.45) is 10.9 Å². The third-order valence-electron chi connectivity index (χ3n) is 5.09.